The van der Waals surface area contributed by atoms with Gasteiger partial charge in [-0.05, 0) is 331 Å². The van der Waals surface area contributed by atoms with E-state index in [4.69, 9.17) is 47.4 Å². The summed E-state index contributed by atoms with van der Waals surface area (Å²) in [6.07, 6.45) is 14.0. The van der Waals surface area contributed by atoms with Crippen molar-refractivity contribution in [1.29, 1.82) is 0 Å². The molecular formula is C103H107ClF4I2N2O20+2. The molecule has 1 aromatic heterocycles. The molecule has 5 N–H and O–H groups in total. The van der Waals surface area contributed by atoms with E-state index in [-0.39, 0.29) is 89.7 Å². The Bertz CT molecular complexity index is 4990. The number of aromatic hydroxyl groups is 4. The number of carbonyl (C=O) groups excluding carboxylic acids is 6. The number of carbonyl (C=O) groups is 6. The third kappa shape index (κ3) is 20.5. The molecular weight excluding hydrogens is 1950 g/mol. The average molecular weight is 2060 g/mol. The van der Waals surface area contributed by atoms with Gasteiger partial charge >= 0.3 is 90.1 Å². The average Bonchev–Trinajstić information content (AvgIpc) is 1.56. The Morgan fingerprint density at radius 1 is 0.394 bits per heavy atom. The Morgan fingerprint density at radius 3 is 0.871 bits per heavy atom. The third-order valence-corrected chi connectivity index (χ3v) is 34.1. The van der Waals surface area contributed by atoms with E-state index < -0.39 is 119 Å². The number of aromatic amines is 1. The summed E-state index contributed by atoms with van der Waals surface area (Å²) in [6.45, 7) is 5.11. The summed E-state index contributed by atoms with van der Waals surface area (Å²) in [4.78, 5) is 81.3. The van der Waals surface area contributed by atoms with Crippen LogP contribution in [0.2, 0.25) is 0 Å². The van der Waals surface area contributed by atoms with Gasteiger partial charge in [-0.15, -0.1) is 0 Å². The molecule has 12 saturated carbocycles. The van der Waals surface area contributed by atoms with Gasteiger partial charge in [0.25, 0.3) is 0 Å². The van der Waals surface area contributed by atoms with E-state index in [0.717, 1.165) is 111 Å². The van der Waals surface area contributed by atoms with Gasteiger partial charge in [-0.3, -0.25) is 19.2 Å². The monoisotopic (exact) mass is 2060 g/mol. The molecule has 12 bridgehead atoms. The van der Waals surface area contributed by atoms with E-state index in [9.17, 15) is 66.8 Å². The Hall–Kier alpha value is -10.6. The maximum absolute atomic E-state index is 13.6. The van der Waals surface area contributed by atoms with Gasteiger partial charge in [0.1, 0.15) is 105 Å². The molecule has 8 aromatic carbocycles. The highest BCUT2D eigenvalue weighted by Gasteiger charge is 2.74. The van der Waals surface area contributed by atoms with Crippen molar-refractivity contribution < 1.29 is 174 Å². The number of benzene rings is 8. The first-order valence-electron chi connectivity index (χ1n) is 45.1. The molecule has 0 radical (unpaired) electrons. The molecule has 132 heavy (non-hydrogen) atoms. The van der Waals surface area contributed by atoms with E-state index in [1.165, 1.54) is 32.8 Å². The predicted molar refractivity (Wildman–Crippen MR) is 461 cm³/mol. The quantitative estimate of drug-likeness (QED) is 0.0200. The van der Waals surface area contributed by atoms with E-state index in [2.05, 4.69) is 72.3 Å². The Kier molecular flexibility index (Phi) is 28.3. The molecule has 2 saturated heterocycles. The van der Waals surface area contributed by atoms with Crippen molar-refractivity contribution in [2.24, 2.45) is 94.7 Å². The number of pyridine rings is 1. The number of alkyl halides is 4. The summed E-state index contributed by atoms with van der Waals surface area (Å²) >= 11 is -0.608. The number of aromatic nitrogens is 1. The highest BCUT2D eigenvalue weighted by Crippen LogP contribution is 2.66. The number of ether oxygens (including phenoxy) is 10. The van der Waals surface area contributed by atoms with Crippen molar-refractivity contribution in [3.8, 4) is 69.0 Å². The minimum Gasteiger partial charge on any atom is -1.00 e. The molecule has 23 rings (SSSR count). The maximum atomic E-state index is 13.6. The highest BCUT2D eigenvalue weighted by atomic mass is 127. The SMILES string of the molecule is CCC1(OC(=O)C2C3CC4C(OC(=O)C42)C3OC(=O)C(C)(F)F)C2CC3CC(C2)CC1C3.CCC1(OC(=O)C2C3CC4C(OC(=O)C42)C3OC(=O)C(C)(F)F)C2CC3CC(C2)CC1C3.CN(C)c1cc[nH+]cc1.Oc1ccc(Oc2ccc([I+]c3ccc(Oc4ccc(O)cc4)cc3)cc2)cc1.Oc1ccc(Oc2ccc([I+]c3ccc(Oc4ccc(O)cc4)cc3)cc2)cc1.[Cl-]. The molecule has 12 atom stereocenters. The van der Waals surface area contributed by atoms with Crippen molar-refractivity contribution in [3.05, 3.63) is 233 Å². The number of phenols is 4. The minimum atomic E-state index is -3.65. The van der Waals surface area contributed by atoms with Gasteiger partial charge in [-0.1, -0.05) is 13.8 Å². The number of halogens is 7. The van der Waals surface area contributed by atoms with Crippen molar-refractivity contribution in [2.75, 3.05) is 19.0 Å². The van der Waals surface area contributed by atoms with Crippen molar-refractivity contribution in [2.45, 2.75) is 165 Å². The lowest BCUT2D eigenvalue weighted by atomic mass is 9.49. The molecule has 12 aliphatic carbocycles. The van der Waals surface area contributed by atoms with Crippen molar-refractivity contribution in [3.63, 3.8) is 0 Å². The van der Waals surface area contributed by atoms with Crippen molar-refractivity contribution in [1.82, 2.24) is 0 Å². The van der Waals surface area contributed by atoms with Crippen LogP contribution in [0.25, 0.3) is 0 Å². The lowest BCUT2D eigenvalue weighted by Gasteiger charge is -2.60. The van der Waals surface area contributed by atoms with Crippen LogP contribution in [-0.2, 0) is 57.2 Å². The van der Waals surface area contributed by atoms with Crippen LogP contribution in [-0.4, -0.2) is 118 Å². The number of hydrogen-bond donors (Lipinski definition) is 4. The number of fused-ring (bicyclic) bond motifs is 2. The van der Waals surface area contributed by atoms with E-state index in [1.807, 2.05) is 87.2 Å². The molecule has 29 heteroatoms. The van der Waals surface area contributed by atoms with Gasteiger partial charge in [0.05, 0.1) is 23.7 Å². The Labute approximate surface area is 790 Å². The summed E-state index contributed by atoms with van der Waals surface area (Å²) < 4.78 is 116. The summed E-state index contributed by atoms with van der Waals surface area (Å²) in [5, 5.41) is 37.3. The molecule has 2 aliphatic heterocycles. The lowest BCUT2D eigenvalue weighted by Crippen LogP contribution is -3.61. The number of nitrogens with zero attached hydrogens (tertiary/aromatic N) is 1. The molecule has 14 fully saturated rings. The van der Waals surface area contributed by atoms with Gasteiger partial charge in [0.2, 0.25) is 0 Å². The van der Waals surface area contributed by atoms with E-state index in [0.29, 0.717) is 73.4 Å². The lowest BCUT2D eigenvalue weighted by molar-refractivity contribution is -0.597. The fourth-order valence-corrected chi connectivity index (χ4v) is 27.6. The van der Waals surface area contributed by atoms with Crippen LogP contribution >= 0.6 is 0 Å². The van der Waals surface area contributed by atoms with E-state index >= 15 is 0 Å². The predicted octanol–water partition coefficient (Wildman–Crippen LogP) is 10.2. The van der Waals surface area contributed by atoms with Crippen LogP contribution in [0.5, 0.6) is 69.0 Å². The van der Waals surface area contributed by atoms with Crippen LogP contribution < -0.4 is 83.6 Å². The van der Waals surface area contributed by atoms with Gasteiger partial charge in [-0.2, -0.15) is 17.6 Å². The van der Waals surface area contributed by atoms with Crippen LogP contribution in [0.4, 0.5) is 23.2 Å². The molecule has 0 amide bonds. The summed E-state index contributed by atoms with van der Waals surface area (Å²) in [5.41, 5.74) is 0.210. The van der Waals surface area contributed by atoms with Gasteiger partial charge < -0.3 is 85.1 Å². The topological polar surface area (TPSA) is 293 Å². The van der Waals surface area contributed by atoms with Gasteiger partial charge in [0, 0.05) is 69.4 Å². The molecule has 12 unspecified atom stereocenters. The first-order chi connectivity index (χ1) is 62.8. The normalized spacial score (nSPS) is 29.4. The zero-order valence-corrected chi connectivity index (χ0v) is 78.7. The maximum Gasteiger partial charge on any atom is 0.377 e. The highest BCUT2D eigenvalue weighted by molar-refractivity contribution is 5.88. The molecule has 696 valence electrons. The van der Waals surface area contributed by atoms with Crippen LogP contribution in [0.1, 0.15) is 118 Å². The summed E-state index contributed by atoms with van der Waals surface area (Å²) in [6, 6.07) is 63.1. The van der Waals surface area contributed by atoms with Gasteiger partial charge in [-0.25, -0.2) is 14.6 Å². The number of phenolic OH excluding ortho intramolecular Hbond substituents is 4. The number of rotatable bonds is 23. The standard InChI is InChI=1S/2C24H30F2O6.2C24H17IO4.C7H10N2.ClH/c2*1-3-24(12-5-10-4-11(7-12)8-13(24)6-10)32-21(28)17-15-9-14-16(17)20(27)30-18(14)19(15)31-22(29)23(2,25)26;2*26-19-5-13-23(14-6-19)28-21-9-1-17(2-10-21)25-18-3-11-22(12-4-18)29-24-15-7-20(27)8-16-24;1-9(2)7-3-5-8-6-4-7;/h2*10-19H,3-9H2,1-2H3;2*1-16H,(H-,26,27);3-6H,1-2H3;1H/p+2. The molecule has 3 heterocycles. The number of hydrogen-bond acceptors (Lipinski definition) is 21. The van der Waals surface area contributed by atoms with Crippen molar-refractivity contribution >= 4 is 41.5 Å². The number of esters is 6. The fraction of sp³-hybridized carbons (Fsp3) is 0.427. The van der Waals surface area contributed by atoms with Crippen LogP contribution in [0, 0.1) is 109 Å². The second-order valence-corrected chi connectivity index (χ2v) is 43.2. The molecule has 9 aromatic rings. The largest absolute Gasteiger partial charge is 1.00 e. The molecule has 14 aliphatic rings. The smallest absolute Gasteiger partial charge is 0.377 e. The van der Waals surface area contributed by atoms with E-state index in [1.54, 1.807) is 97.1 Å². The summed E-state index contributed by atoms with van der Waals surface area (Å²) in [5.74, 6) is -5.91. The summed E-state index contributed by atoms with van der Waals surface area (Å²) in [7, 11) is 4.05. The number of anilines is 1. The van der Waals surface area contributed by atoms with Gasteiger partial charge in [0.15, 0.2) is 26.7 Å². The second-order valence-electron chi connectivity index (χ2n) is 37.2. The zero-order valence-electron chi connectivity index (χ0n) is 73.6. The fourth-order valence-electron chi connectivity index (χ4n) is 23.3. The molecule has 22 nitrogen and oxygen atoms in total. The zero-order chi connectivity index (χ0) is 92.0. The number of nitrogens with one attached hydrogen (secondary N) is 1. The Balaban J connectivity index is 0.000000124. The van der Waals surface area contributed by atoms with Crippen LogP contribution in [0.15, 0.2) is 219 Å². The third-order valence-electron chi connectivity index (χ3n) is 28.8. The molecule has 0 spiro atoms. The second kappa shape index (κ2) is 39.5. The minimum absolute atomic E-state index is 0. The van der Waals surface area contributed by atoms with Crippen LogP contribution in [0.3, 0.4) is 0 Å². The first kappa shape index (κ1) is 94.6. The number of H-pyrrole nitrogens is 1. The Morgan fingerprint density at radius 2 is 0.644 bits per heavy atom. The first-order valence-corrected chi connectivity index (χ1v) is 49.4.